The number of anilines is 1. The van der Waals surface area contributed by atoms with Crippen LogP contribution in [0.3, 0.4) is 0 Å². The third-order valence-electron chi connectivity index (χ3n) is 2.71. The van der Waals surface area contributed by atoms with E-state index >= 15 is 0 Å². The van der Waals surface area contributed by atoms with Gasteiger partial charge in [0, 0.05) is 17.0 Å². The lowest BCUT2D eigenvalue weighted by Crippen LogP contribution is -2.09. The van der Waals surface area contributed by atoms with Gasteiger partial charge in [-0.15, -0.1) is 0 Å². The highest BCUT2D eigenvalue weighted by molar-refractivity contribution is 6.30. The summed E-state index contributed by atoms with van der Waals surface area (Å²) in [6, 6.07) is 7.88. The number of nitrogens with two attached hydrogens (primary N) is 1. The number of benzene rings is 2. The largest absolute Gasteiger partial charge is 0.396 e. The lowest BCUT2D eigenvalue weighted by molar-refractivity contribution is 0.0992. The number of Topliss-reactive ketones (excluding diaryl/α,β-unsaturated/α-hetero) is 1. The van der Waals surface area contributed by atoms with Gasteiger partial charge in [0.2, 0.25) is 0 Å². The summed E-state index contributed by atoms with van der Waals surface area (Å²) in [5, 5.41) is 0.330. The Morgan fingerprint density at radius 3 is 2.63 bits per heavy atom. The Balaban J connectivity index is 2.31. The molecule has 0 saturated carbocycles. The van der Waals surface area contributed by atoms with Crippen LogP contribution in [0, 0.1) is 11.6 Å². The standard InChI is InChI=1S/C14H10ClF2NO/c15-9-4-5-11(16)8(6-9)7-13(19)10-2-1-3-12(17)14(10)18/h1-6H,7,18H2. The fourth-order valence-corrected chi connectivity index (χ4v) is 1.92. The summed E-state index contributed by atoms with van der Waals surface area (Å²) in [5.74, 6) is -1.66. The van der Waals surface area contributed by atoms with Crippen LogP contribution in [-0.2, 0) is 6.42 Å². The fraction of sp³-hybridized carbons (Fsp3) is 0.0714. The van der Waals surface area contributed by atoms with E-state index < -0.39 is 17.4 Å². The molecule has 98 valence electrons. The van der Waals surface area contributed by atoms with Crippen LogP contribution in [0.2, 0.25) is 5.02 Å². The van der Waals surface area contributed by atoms with Crippen molar-refractivity contribution < 1.29 is 13.6 Å². The third kappa shape index (κ3) is 2.90. The molecule has 0 saturated heterocycles. The maximum atomic E-state index is 13.5. The van der Waals surface area contributed by atoms with Crippen LogP contribution in [0.1, 0.15) is 15.9 Å². The normalized spacial score (nSPS) is 10.5. The minimum Gasteiger partial charge on any atom is -0.396 e. The molecular formula is C14H10ClF2NO. The molecule has 19 heavy (non-hydrogen) atoms. The Hall–Kier alpha value is -1.94. The molecule has 2 aromatic rings. The molecule has 0 amide bonds. The molecule has 2 rings (SSSR count). The van der Waals surface area contributed by atoms with Gasteiger partial charge in [0.25, 0.3) is 0 Å². The van der Waals surface area contributed by atoms with Gasteiger partial charge >= 0.3 is 0 Å². The van der Waals surface area contributed by atoms with Crippen LogP contribution in [0.4, 0.5) is 14.5 Å². The molecule has 0 fully saturated rings. The van der Waals surface area contributed by atoms with E-state index in [9.17, 15) is 13.6 Å². The lowest BCUT2D eigenvalue weighted by atomic mass is 10.0. The Bertz CT molecular complexity index is 643. The van der Waals surface area contributed by atoms with Gasteiger partial charge in [-0.2, -0.15) is 0 Å². The van der Waals surface area contributed by atoms with Gasteiger partial charge in [-0.05, 0) is 35.9 Å². The minimum atomic E-state index is -0.669. The first-order valence-electron chi connectivity index (χ1n) is 5.50. The highest BCUT2D eigenvalue weighted by Gasteiger charge is 2.15. The maximum absolute atomic E-state index is 13.5. The third-order valence-corrected chi connectivity index (χ3v) is 2.95. The molecule has 0 aliphatic rings. The second-order valence-electron chi connectivity index (χ2n) is 4.04. The molecule has 0 atom stereocenters. The molecule has 0 aliphatic carbocycles. The van der Waals surface area contributed by atoms with Crippen molar-refractivity contribution >= 4 is 23.1 Å². The van der Waals surface area contributed by atoms with Gasteiger partial charge < -0.3 is 5.73 Å². The number of ketones is 1. The molecule has 0 aromatic heterocycles. The number of nitrogen functional groups attached to an aromatic ring is 1. The Kier molecular flexibility index (Phi) is 3.81. The molecule has 0 bridgehead atoms. The number of carbonyl (C=O) groups is 1. The number of rotatable bonds is 3. The topological polar surface area (TPSA) is 43.1 Å². The lowest BCUT2D eigenvalue weighted by Gasteiger charge is -2.07. The van der Waals surface area contributed by atoms with Crippen LogP contribution >= 0.6 is 11.6 Å². The van der Waals surface area contributed by atoms with Gasteiger partial charge in [-0.25, -0.2) is 8.78 Å². The summed E-state index contributed by atoms with van der Waals surface area (Å²) < 4.78 is 26.8. The van der Waals surface area contributed by atoms with Crippen molar-refractivity contribution in [3.05, 3.63) is 64.2 Å². The van der Waals surface area contributed by atoms with Crippen molar-refractivity contribution in [2.24, 2.45) is 0 Å². The number of carbonyl (C=O) groups excluding carboxylic acids is 1. The van der Waals surface area contributed by atoms with Crippen LogP contribution in [-0.4, -0.2) is 5.78 Å². The fourth-order valence-electron chi connectivity index (χ4n) is 1.73. The average molecular weight is 282 g/mol. The SMILES string of the molecule is Nc1c(F)cccc1C(=O)Cc1cc(Cl)ccc1F. The van der Waals surface area contributed by atoms with Crippen LogP contribution in [0.25, 0.3) is 0 Å². The summed E-state index contributed by atoms with van der Waals surface area (Å²) in [6.07, 6.45) is -0.222. The quantitative estimate of drug-likeness (QED) is 0.690. The molecule has 0 heterocycles. The number of hydrogen-bond acceptors (Lipinski definition) is 2. The van der Waals surface area contributed by atoms with Crippen LogP contribution in [0.15, 0.2) is 36.4 Å². The highest BCUT2D eigenvalue weighted by atomic mass is 35.5. The molecule has 0 aliphatic heterocycles. The molecule has 0 radical (unpaired) electrons. The van der Waals surface area contributed by atoms with E-state index in [1.54, 1.807) is 0 Å². The summed E-state index contributed by atoms with van der Waals surface area (Å²) in [4.78, 5) is 12.0. The minimum absolute atomic E-state index is 0.0411. The van der Waals surface area contributed by atoms with E-state index in [2.05, 4.69) is 0 Å². The van der Waals surface area contributed by atoms with Gasteiger partial charge in [0.1, 0.15) is 11.6 Å². The van der Waals surface area contributed by atoms with Crippen molar-refractivity contribution in [3.8, 4) is 0 Å². The Morgan fingerprint density at radius 1 is 1.16 bits per heavy atom. The van der Waals surface area contributed by atoms with Crippen LogP contribution < -0.4 is 5.73 Å². The smallest absolute Gasteiger partial charge is 0.169 e. The van der Waals surface area contributed by atoms with Gasteiger partial charge in [-0.1, -0.05) is 17.7 Å². The van der Waals surface area contributed by atoms with Crippen molar-refractivity contribution in [1.82, 2.24) is 0 Å². The van der Waals surface area contributed by atoms with E-state index in [1.807, 2.05) is 0 Å². The second-order valence-corrected chi connectivity index (χ2v) is 4.47. The predicted octanol–water partition coefficient (Wildman–Crippen LogP) is 3.63. The maximum Gasteiger partial charge on any atom is 0.169 e. The number of halogens is 3. The number of para-hydroxylation sites is 1. The van der Waals surface area contributed by atoms with E-state index in [1.165, 1.54) is 30.3 Å². The summed E-state index contributed by atoms with van der Waals surface area (Å²) in [6.45, 7) is 0. The number of hydrogen-bond donors (Lipinski definition) is 1. The van der Waals surface area contributed by atoms with Gasteiger partial charge in [-0.3, -0.25) is 4.79 Å². The Morgan fingerprint density at radius 2 is 1.89 bits per heavy atom. The molecule has 5 heteroatoms. The van der Waals surface area contributed by atoms with Crippen LogP contribution in [0.5, 0.6) is 0 Å². The van der Waals surface area contributed by atoms with Gasteiger partial charge in [0.15, 0.2) is 5.78 Å². The summed E-state index contributed by atoms with van der Waals surface area (Å²) >= 11 is 5.74. The summed E-state index contributed by atoms with van der Waals surface area (Å²) in [7, 11) is 0. The average Bonchev–Trinajstić information content (AvgIpc) is 2.37. The molecule has 0 unspecified atom stereocenters. The first-order valence-corrected chi connectivity index (χ1v) is 5.88. The van der Waals surface area contributed by atoms with Crippen molar-refractivity contribution in [2.75, 3.05) is 5.73 Å². The molecule has 2 N–H and O–H groups in total. The zero-order valence-electron chi connectivity index (χ0n) is 9.79. The molecule has 2 nitrogen and oxygen atoms in total. The van der Waals surface area contributed by atoms with Crippen molar-refractivity contribution in [2.45, 2.75) is 6.42 Å². The Labute approximate surface area is 113 Å². The summed E-state index contributed by atoms with van der Waals surface area (Å²) in [5.41, 5.74) is 5.46. The van der Waals surface area contributed by atoms with E-state index in [-0.39, 0.29) is 23.2 Å². The monoisotopic (exact) mass is 281 g/mol. The first-order chi connectivity index (χ1) is 8.99. The van der Waals surface area contributed by atoms with E-state index in [0.717, 1.165) is 6.07 Å². The molecule has 0 spiro atoms. The molecular weight excluding hydrogens is 272 g/mol. The zero-order valence-corrected chi connectivity index (χ0v) is 10.5. The predicted molar refractivity (Wildman–Crippen MR) is 70.3 cm³/mol. The first kappa shape index (κ1) is 13.5. The van der Waals surface area contributed by atoms with E-state index in [0.29, 0.717) is 5.02 Å². The van der Waals surface area contributed by atoms with E-state index in [4.69, 9.17) is 17.3 Å². The van der Waals surface area contributed by atoms with Crippen molar-refractivity contribution in [3.63, 3.8) is 0 Å². The van der Waals surface area contributed by atoms with Crippen molar-refractivity contribution in [1.29, 1.82) is 0 Å². The second kappa shape index (κ2) is 5.36. The highest BCUT2D eigenvalue weighted by Crippen LogP contribution is 2.20. The molecule has 2 aromatic carbocycles. The van der Waals surface area contributed by atoms with Gasteiger partial charge in [0.05, 0.1) is 5.69 Å². The zero-order chi connectivity index (χ0) is 14.0.